The molecule has 0 radical (unpaired) electrons. The molecule has 1 aromatic carbocycles. The van der Waals surface area contributed by atoms with E-state index in [1.54, 1.807) is 0 Å². The van der Waals surface area contributed by atoms with Gasteiger partial charge in [-0.15, -0.1) is 0 Å². The third-order valence-electron chi connectivity index (χ3n) is 4.30. The molecule has 0 saturated heterocycles. The Labute approximate surface area is 123 Å². The average molecular weight is 290 g/mol. The number of hydrogen-bond donors (Lipinski definition) is 2. The Bertz CT molecular complexity index is 572. The lowest BCUT2D eigenvalue weighted by molar-refractivity contribution is 0.0887. The smallest absolute Gasteiger partial charge is 0.255 e. The fourth-order valence-corrected chi connectivity index (χ4v) is 2.82. The molecule has 0 bridgehead atoms. The number of aromatic hydroxyl groups is 1. The van der Waals surface area contributed by atoms with E-state index in [0.29, 0.717) is 18.8 Å². The number of amides is 1. The molecule has 112 valence electrons. The number of phenols is 1. The maximum atomic E-state index is 13.7. The van der Waals surface area contributed by atoms with Crippen LogP contribution in [0.1, 0.15) is 49.4 Å². The highest BCUT2D eigenvalue weighted by atomic mass is 19.1. The molecule has 4 nitrogen and oxygen atoms in total. The number of hydrogen-bond acceptors (Lipinski definition) is 3. The lowest BCUT2D eigenvalue weighted by atomic mass is 9.76. The molecule has 0 aliphatic heterocycles. The van der Waals surface area contributed by atoms with Gasteiger partial charge >= 0.3 is 0 Å². The van der Waals surface area contributed by atoms with Crippen LogP contribution in [-0.2, 0) is 0 Å². The second kappa shape index (κ2) is 6.13. The Balaban J connectivity index is 2.12. The monoisotopic (exact) mass is 290 g/mol. The lowest BCUT2D eigenvalue weighted by Gasteiger charge is -2.35. The predicted octanol–water partition coefficient (Wildman–Crippen LogP) is 3.12. The van der Waals surface area contributed by atoms with Gasteiger partial charge in [-0.2, -0.15) is 5.26 Å². The summed E-state index contributed by atoms with van der Waals surface area (Å²) in [4.78, 5) is 12.2. The summed E-state index contributed by atoms with van der Waals surface area (Å²) >= 11 is 0. The summed E-state index contributed by atoms with van der Waals surface area (Å²) < 4.78 is 13.7. The summed E-state index contributed by atoms with van der Waals surface area (Å²) in [6.07, 6.45) is 4.04. The highest BCUT2D eigenvalue weighted by Crippen LogP contribution is 2.33. The van der Waals surface area contributed by atoms with E-state index in [9.17, 15) is 14.4 Å². The van der Waals surface area contributed by atoms with Crippen molar-refractivity contribution in [2.45, 2.75) is 44.6 Å². The van der Waals surface area contributed by atoms with E-state index in [1.165, 1.54) is 12.1 Å². The SMILES string of the molecule is CCC1CCC(C#N)(NC(=O)c2ccc(O)cc2F)CC1. The van der Waals surface area contributed by atoms with Gasteiger partial charge in [-0.1, -0.05) is 13.3 Å². The van der Waals surface area contributed by atoms with Crippen molar-refractivity contribution in [3.63, 3.8) is 0 Å². The van der Waals surface area contributed by atoms with E-state index in [0.717, 1.165) is 25.3 Å². The van der Waals surface area contributed by atoms with Crippen LogP contribution >= 0.6 is 0 Å². The van der Waals surface area contributed by atoms with E-state index < -0.39 is 17.3 Å². The molecule has 0 unspecified atom stereocenters. The van der Waals surface area contributed by atoms with Gasteiger partial charge in [0.25, 0.3) is 5.91 Å². The third kappa shape index (κ3) is 3.33. The molecule has 1 saturated carbocycles. The number of rotatable bonds is 3. The van der Waals surface area contributed by atoms with Crippen molar-refractivity contribution in [3.05, 3.63) is 29.6 Å². The first kappa shape index (κ1) is 15.3. The van der Waals surface area contributed by atoms with Crippen molar-refractivity contribution in [1.29, 1.82) is 5.26 Å². The van der Waals surface area contributed by atoms with Crippen LogP contribution in [0.25, 0.3) is 0 Å². The number of carbonyl (C=O) groups excluding carboxylic acids is 1. The quantitative estimate of drug-likeness (QED) is 0.898. The minimum Gasteiger partial charge on any atom is -0.508 e. The topological polar surface area (TPSA) is 73.1 Å². The second-order valence-corrected chi connectivity index (χ2v) is 5.66. The Hall–Kier alpha value is -2.09. The normalized spacial score (nSPS) is 25.1. The molecule has 0 aromatic heterocycles. The van der Waals surface area contributed by atoms with Gasteiger partial charge in [0.05, 0.1) is 11.6 Å². The van der Waals surface area contributed by atoms with E-state index in [-0.39, 0.29) is 11.3 Å². The Morgan fingerprint density at radius 3 is 2.71 bits per heavy atom. The first-order valence-electron chi connectivity index (χ1n) is 7.22. The number of benzene rings is 1. The van der Waals surface area contributed by atoms with Gasteiger partial charge in [-0.3, -0.25) is 4.79 Å². The minimum absolute atomic E-state index is 0.153. The standard InChI is InChI=1S/C16H19FN2O2/c1-2-11-5-7-16(10-18,8-6-11)19-15(21)13-4-3-12(20)9-14(13)17/h3-4,9,11,20H,2,5-8H2,1H3,(H,19,21). The Morgan fingerprint density at radius 1 is 1.52 bits per heavy atom. The molecule has 0 heterocycles. The van der Waals surface area contributed by atoms with E-state index >= 15 is 0 Å². The molecule has 5 heteroatoms. The molecule has 0 spiro atoms. The molecular formula is C16H19FN2O2. The van der Waals surface area contributed by atoms with Crippen molar-refractivity contribution in [2.75, 3.05) is 0 Å². The number of phenolic OH excluding ortho intramolecular Hbond substituents is 1. The Kier molecular flexibility index (Phi) is 4.46. The minimum atomic E-state index is -0.910. The summed E-state index contributed by atoms with van der Waals surface area (Å²) in [6.45, 7) is 2.12. The lowest BCUT2D eigenvalue weighted by Crippen LogP contribution is -2.49. The van der Waals surface area contributed by atoms with Crippen LogP contribution in [0.2, 0.25) is 0 Å². The molecule has 1 fully saturated rings. The fraction of sp³-hybridized carbons (Fsp3) is 0.500. The maximum Gasteiger partial charge on any atom is 0.255 e. The largest absolute Gasteiger partial charge is 0.508 e. The van der Waals surface area contributed by atoms with Crippen LogP contribution in [-0.4, -0.2) is 16.6 Å². The van der Waals surface area contributed by atoms with E-state index in [1.807, 2.05) is 0 Å². The van der Waals surface area contributed by atoms with Gasteiger partial charge in [-0.25, -0.2) is 4.39 Å². The van der Waals surface area contributed by atoms with Crippen molar-refractivity contribution in [1.82, 2.24) is 5.32 Å². The summed E-state index contributed by atoms with van der Waals surface area (Å²) in [7, 11) is 0. The summed E-state index contributed by atoms with van der Waals surface area (Å²) in [5.41, 5.74) is -1.06. The predicted molar refractivity (Wildman–Crippen MR) is 76.1 cm³/mol. The molecule has 21 heavy (non-hydrogen) atoms. The fourth-order valence-electron chi connectivity index (χ4n) is 2.82. The summed E-state index contributed by atoms with van der Waals surface area (Å²) in [5.74, 6) is -1.04. The van der Waals surface area contributed by atoms with Crippen molar-refractivity contribution < 1.29 is 14.3 Å². The van der Waals surface area contributed by atoms with Crippen molar-refractivity contribution in [2.24, 2.45) is 5.92 Å². The zero-order chi connectivity index (χ0) is 15.5. The molecule has 0 atom stereocenters. The van der Waals surface area contributed by atoms with Crippen molar-refractivity contribution in [3.8, 4) is 11.8 Å². The van der Waals surface area contributed by atoms with Gasteiger partial charge in [0.1, 0.15) is 17.1 Å². The number of nitrogens with zero attached hydrogens (tertiary/aromatic N) is 1. The number of halogens is 1. The summed E-state index contributed by atoms with van der Waals surface area (Å²) in [5, 5.41) is 21.3. The maximum absolute atomic E-state index is 13.7. The number of nitriles is 1. The van der Waals surface area contributed by atoms with Gasteiger partial charge in [0.2, 0.25) is 0 Å². The first-order chi connectivity index (χ1) is 9.99. The van der Waals surface area contributed by atoms with Crippen LogP contribution in [0.5, 0.6) is 5.75 Å². The highest BCUT2D eigenvalue weighted by Gasteiger charge is 2.36. The van der Waals surface area contributed by atoms with E-state index in [2.05, 4.69) is 18.3 Å². The first-order valence-corrected chi connectivity index (χ1v) is 7.22. The number of carbonyl (C=O) groups is 1. The van der Waals surface area contributed by atoms with Crippen LogP contribution in [0.4, 0.5) is 4.39 Å². The van der Waals surface area contributed by atoms with Crippen LogP contribution < -0.4 is 5.32 Å². The van der Waals surface area contributed by atoms with E-state index in [4.69, 9.17) is 5.11 Å². The number of nitrogens with one attached hydrogen (secondary N) is 1. The summed E-state index contributed by atoms with van der Waals surface area (Å²) in [6, 6.07) is 5.56. The van der Waals surface area contributed by atoms with Gasteiger partial charge < -0.3 is 10.4 Å². The molecule has 1 aliphatic rings. The van der Waals surface area contributed by atoms with Gasteiger partial charge in [0, 0.05) is 6.07 Å². The zero-order valence-electron chi connectivity index (χ0n) is 12.0. The molecule has 2 N–H and O–H groups in total. The highest BCUT2D eigenvalue weighted by molar-refractivity contribution is 5.95. The van der Waals surface area contributed by atoms with Crippen LogP contribution in [0.15, 0.2) is 18.2 Å². The van der Waals surface area contributed by atoms with Gasteiger partial charge in [0.15, 0.2) is 0 Å². The molecule has 2 rings (SSSR count). The van der Waals surface area contributed by atoms with Crippen LogP contribution in [0, 0.1) is 23.1 Å². The second-order valence-electron chi connectivity index (χ2n) is 5.66. The molecular weight excluding hydrogens is 271 g/mol. The average Bonchev–Trinajstić information content (AvgIpc) is 2.47. The van der Waals surface area contributed by atoms with Crippen LogP contribution in [0.3, 0.4) is 0 Å². The molecule has 1 amide bonds. The molecule has 1 aromatic rings. The third-order valence-corrected chi connectivity index (χ3v) is 4.30. The Morgan fingerprint density at radius 2 is 2.19 bits per heavy atom. The molecule has 1 aliphatic carbocycles. The zero-order valence-corrected chi connectivity index (χ0v) is 12.0. The van der Waals surface area contributed by atoms with Crippen molar-refractivity contribution >= 4 is 5.91 Å². The van der Waals surface area contributed by atoms with Gasteiger partial charge in [-0.05, 0) is 43.7 Å².